The number of rotatable bonds is 10. The summed E-state index contributed by atoms with van der Waals surface area (Å²) >= 11 is 1.28. The fourth-order valence-electron chi connectivity index (χ4n) is 3.53. The summed E-state index contributed by atoms with van der Waals surface area (Å²) in [6.07, 6.45) is 0. The lowest BCUT2D eigenvalue weighted by atomic mass is 10.1. The van der Waals surface area contributed by atoms with Crippen molar-refractivity contribution in [2.45, 2.75) is 12.1 Å². The van der Waals surface area contributed by atoms with Gasteiger partial charge in [0, 0.05) is 16.8 Å². The van der Waals surface area contributed by atoms with Gasteiger partial charge in [0.1, 0.15) is 5.75 Å². The zero-order valence-corrected chi connectivity index (χ0v) is 21.8. The van der Waals surface area contributed by atoms with E-state index in [1.54, 1.807) is 27.4 Å². The Bertz CT molecular complexity index is 1390. The molecule has 4 rings (SSSR count). The Morgan fingerprint density at radius 1 is 0.919 bits per heavy atom. The third-order valence-corrected chi connectivity index (χ3v) is 6.41. The van der Waals surface area contributed by atoms with Gasteiger partial charge in [-0.25, -0.2) is 5.43 Å². The molecule has 0 aliphatic rings. The summed E-state index contributed by atoms with van der Waals surface area (Å²) in [6, 6.07) is 22.8. The van der Waals surface area contributed by atoms with E-state index in [1.165, 1.54) is 11.8 Å². The molecule has 9 nitrogen and oxygen atoms in total. The van der Waals surface area contributed by atoms with Gasteiger partial charge in [-0.2, -0.15) is 5.10 Å². The Labute approximate surface area is 219 Å². The molecule has 0 atom stereocenters. The van der Waals surface area contributed by atoms with Crippen LogP contribution in [0.15, 0.2) is 83.1 Å². The number of benzene rings is 3. The SMILES string of the molecule is COc1ccc(-c2nnc(SCC(=O)N/N=C(/C)c3ccc(OC)c(OC)c3)n2-c2ccccc2)cc1. The number of hydrazone groups is 1. The maximum Gasteiger partial charge on any atom is 0.250 e. The van der Waals surface area contributed by atoms with E-state index in [9.17, 15) is 4.79 Å². The van der Waals surface area contributed by atoms with Crippen molar-refractivity contribution in [3.05, 3.63) is 78.4 Å². The van der Waals surface area contributed by atoms with Crippen molar-refractivity contribution >= 4 is 23.4 Å². The molecular weight excluding hydrogens is 490 g/mol. The molecule has 0 bridgehead atoms. The van der Waals surface area contributed by atoms with Crippen LogP contribution in [-0.4, -0.2) is 53.5 Å². The third kappa shape index (κ3) is 6.10. The van der Waals surface area contributed by atoms with Crippen molar-refractivity contribution in [1.82, 2.24) is 20.2 Å². The molecule has 1 N–H and O–H groups in total. The monoisotopic (exact) mass is 517 g/mol. The average molecular weight is 518 g/mol. The smallest absolute Gasteiger partial charge is 0.250 e. The largest absolute Gasteiger partial charge is 0.497 e. The molecule has 0 aliphatic carbocycles. The van der Waals surface area contributed by atoms with Crippen LogP contribution < -0.4 is 19.6 Å². The summed E-state index contributed by atoms with van der Waals surface area (Å²) in [5.74, 6) is 2.47. The van der Waals surface area contributed by atoms with Crippen LogP contribution >= 0.6 is 11.8 Å². The molecule has 1 heterocycles. The number of thioether (sulfide) groups is 1. The summed E-state index contributed by atoms with van der Waals surface area (Å²) in [7, 11) is 4.77. The number of hydrogen-bond acceptors (Lipinski definition) is 8. The predicted octanol–water partition coefficient (Wildman–Crippen LogP) is 4.59. The van der Waals surface area contributed by atoms with Crippen molar-refractivity contribution in [1.29, 1.82) is 0 Å². The predicted molar refractivity (Wildman–Crippen MR) is 144 cm³/mol. The topological polar surface area (TPSA) is 99.9 Å². The second-order valence-corrected chi connectivity index (χ2v) is 8.74. The summed E-state index contributed by atoms with van der Waals surface area (Å²) in [6.45, 7) is 1.81. The molecule has 0 saturated carbocycles. The van der Waals surface area contributed by atoms with Crippen molar-refractivity contribution in [3.63, 3.8) is 0 Å². The Kier molecular flexibility index (Phi) is 8.42. The minimum atomic E-state index is -0.265. The molecule has 3 aromatic carbocycles. The standard InChI is InChI=1S/C27H27N5O4S/c1-18(20-12-15-23(35-3)24(16-20)36-4)28-29-25(33)17-37-27-31-30-26(19-10-13-22(34-2)14-11-19)32(27)21-8-6-5-7-9-21/h5-16H,17H2,1-4H3,(H,29,33)/b28-18-. The van der Waals surface area contributed by atoms with Crippen LogP contribution in [-0.2, 0) is 4.79 Å². The number of hydrogen-bond donors (Lipinski definition) is 1. The molecular formula is C27H27N5O4S. The van der Waals surface area contributed by atoms with Crippen LogP contribution in [0, 0.1) is 0 Å². The van der Waals surface area contributed by atoms with Crippen LogP contribution in [0.3, 0.4) is 0 Å². The van der Waals surface area contributed by atoms with Gasteiger partial charge in [0.05, 0.1) is 32.8 Å². The lowest BCUT2D eigenvalue weighted by Crippen LogP contribution is -2.21. The summed E-state index contributed by atoms with van der Waals surface area (Å²) in [4.78, 5) is 12.6. The average Bonchev–Trinajstić information content (AvgIpc) is 3.38. The van der Waals surface area contributed by atoms with Gasteiger partial charge in [0.25, 0.3) is 5.91 Å². The van der Waals surface area contributed by atoms with Gasteiger partial charge >= 0.3 is 0 Å². The van der Waals surface area contributed by atoms with Gasteiger partial charge in [0.2, 0.25) is 0 Å². The molecule has 1 aromatic heterocycles. The molecule has 0 radical (unpaired) electrons. The van der Waals surface area contributed by atoms with Crippen LogP contribution in [0.1, 0.15) is 12.5 Å². The highest BCUT2D eigenvalue weighted by Crippen LogP contribution is 2.29. The molecule has 0 saturated heterocycles. The van der Waals surface area contributed by atoms with Gasteiger partial charge in [0.15, 0.2) is 22.5 Å². The quantitative estimate of drug-likeness (QED) is 0.187. The first kappa shape index (κ1) is 25.8. The first-order chi connectivity index (χ1) is 18.0. The summed E-state index contributed by atoms with van der Waals surface area (Å²) in [5, 5.41) is 13.6. The maximum absolute atomic E-state index is 12.6. The van der Waals surface area contributed by atoms with Crippen LogP contribution in [0.5, 0.6) is 17.2 Å². The Balaban J connectivity index is 1.49. The molecule has 190 valence electrons. The van der Waals surface area contributed by atoms with Crippen molar-refractivity contribution in [2.24, 2.45) is 5.10 Å². The zero-order valence-electron chi connectivity index (χ0n) is 21.0. The fourth-order valence-corrected chi connectivity index (χ4v) is 4.28. The van der Waals surface area contributed by atoms with Gasteiger partial charge in [-0.3, -0.25) is 9.36 Å². The molecule has 4 aromatic rings. The van der Waals surface area contributed by atoms with E-state index < -0.39 is 0 Å². The van der Waals surface area contributed by atoms with Gasteiger partial charge < -0.3 is 14.2 Å². The number of carbonyl (C=O) groups excluding carboxylic acids is 1. The highest BCUT2D eigenvalue weighted by molar-refractivity contribution is 7.99. The number of ether oxygens (including phenoxy) is 3. The molecule has 37 heavy (non-hydrogen) atoms. The number of nitrogens with one attached hydrogen (secondary N) is 1. The Morgan fingerprint density at radius 2 is 1.65 bits per heavy atom. The highest BCUT2D eigenvalue weighted by Gasteiger charge is 2.17. The molecule has 0 fully saturated rings. The van der Waals surface area contributed by atoms with Crippen LogP contribution in [0.4, 0.5) is 0 Å². The van der Waals surface area contributed by atoms with Crippen molar-refractivity contribution in [3.8, 4) is 34.3 Å². The maximum atomic E-state index is 12.6. The minimum Gasteiger partial charge on any atom is -0.497 e. The van der Waals surface area contributed by atoms with Gasteiger partial charge in [-0.1, -0.05) is 30.0 Å². The lowest BCUT2D eigenvalue weighted by molar-refractivity contribution is -0.118. The lowest BCUT2D eigenvalue weighted by Gasteiger charge is -2.11. The number of amides is 1. The first-order valence-corrected chi connectivity index (χ1v) is 12.4. The Hall–Kier alpha value is -4.31. The zero-order chi connectivity index (χ0) is 26.2. The van der Waals surface area contributed by atoms with Crippen LogP contribution in [0.25, 0.3) is 17.1 Å². The van der Waals surface area contributed by atoms with Gasteiger partial charge in [-0.15, -0.1) is 10.2 Å². The Morgan fingerprint density at radius 3 is 2.32 bits per heavy atom. The number of nitrogens with zero attached hydrogens (tertiary/aromatic N) is 4. The van der Waals surface area contributed by atoms with E-state index >= 15 is 0 Å². The van der Waals surface area contributed by atoms with Gasteiger partial charge in [-0.05, 0) is 61.5 Å². The summed E-state index contributed by atoms with van der Waals surface area (Å²) in [5.41, 5.74) is 5.82. The normalized spacial score (nSPS) is 11.2. The number of methoxy groups -OCH3 is 3. The number of para-hydroxylation sites is 1. The first-order valence-electron chi connectivity index (χ1n) is 11.4. The van der Waals surface area contributed by atoms with E-state index in [0.717, 1.165) is 22.6 Å². The highest BCUT2D eigenvalue weighted by atomic mass is 32.2. The van der Waals surface area contributed by atoms with Crippen molar-refractivity contribution in [2.75, 3.05) is 27.1 Å². The molecule has 10 heteroatoms. The van der Waals surface area contributed by atoms with E-state index in [0.29, 0.717) is 28.2 Å². The molecule has 0 aliphatic heterocycles. The number of aromatic nitrogens is 3. The van der Waals surface area contributed by atoms with Crippen molar-refractivity contribution < 1.29 is 19.0 Å². The second-order valence-electron chi connectivity index (χ2n) is 7.80. The minimum absolute atomic E-state index is 0.107. The van der Waals surface area contributed by atoms with E-state index in [2.05, 4.69) is 20.7 Å². The fraction of sp³-hybridized carbons (Fsp3) is 0.185. The molecule has 1 amide bonds. The second kappa shape index (κ2) is 12.1. The molecule has 0 spiro atoms. The number of carbonyl (C=O) groups is 1. The van der Waals surface area contributed by atoms with E-state index in [1.807, 2.05) is 78.2 Å². The van der Waals surface area contributed by atoms with E-state index in [-0.39, 0.29) is 11.7 Å². The van der Waals surface area contributed by atoms with Crippen LogP contribution in [0.2, 0.25) is 0 Å². The summed E-state index contributed by atoms with van der Waals surface area (Å²) < 4.78 is 17.8. The molecule has 0 unspecified atom stereocenters. The third-order valence-electron chi connectivity index (χ3n) is 5.48. The van der Waals surface area contributed by atoms with E-state index in [4.69, 9.17) is 14.2 Å².